The Kier molecular flexibility index (Phi) is 4.87. The lowest BCUT2D eigenvalue weighted by molar-refractivity contribution is 0.179. The fourth-order valence-electron chi connectivity index (χ4n) is 3.37. The van der Waals surface area contributed by atoms with Crippen molar-refractivity contribution in [1.29, 1.82) is 0 Å². The van der Waals surface area contributed by atoms with Crippen molar-refractivity contribution in [2.24, 2.45) is 0 Å². The summed E-state index contributed by atoms with van der Waals surface area (Å²) < 4.78 is 0. The molecule has 0 amide bonds. The highest BCUT2D eigenvalue weighted by Crippen LogP contribution is 2.33. The summed E-state index contributed by atoms with van der Waals surface area (Å²) >= 11 is 0. The average Bonchev–Trinajstić information content (AvgIpc) is 2.42. The van der Waals surface area contributed by atoms with Crippen molar-refractivity contribution in [3.05, 3.63) is 28.8 Å². The zero-order valence-electron chi connectivity index (χ0n) is 12.6. The summed E-state index contributed by atoms with van der Waals surface area (Å²) in [5, 5.41) is 10.00. The highest BCUT2D eigenvalue weighted by atomic mass is 16.3. The molecule has 0 radical (unpaired) electrons. The second kappa shape index (κ2) is 6.42. The van der Waals surface area contributed by atoms with Gasteiger partial charge in [0, 0.05) is 6.04 Å². The van der Waals surface area contributed by atoms with Crippen LogP contribution in [0.3, 0.4) is 0 Å². The predicted molar refractivity (Wildman–Crippen MR) is 80.8 cm³/mol. The lowest BCUT2D eigenvalue weighted by Gasteiger charge is -2.35. The molecule has 0 heterocycles. The van der Waals surface area contributed by atoms with Gasteiger partial charge < -0.3 is 10.0 Å². The Morgan fingerprint density at radius 1 is 1.16 bits per heavy atom. The second-order valence-corrected chi connectivity index (χ2v) is 5.79. The molecule has 106 valence electrons. The molecule has 1 atom stereocenters. The van der Waals surface area contributed by atoms with Crippen molar-refractivity contribution < 1.29 is 5.11 Å². The van der Waals surface area contributed by atoms with E-state index in [9.17, 15) is 5.11 Å². The first-order valence-corrected chi connectivity index (χ1v) is 7.71. The normalized spacial score (nSPS) is 18.6. The number of phenols is 1. The van der Waals surface area contributed by atoms with E-state index in [2.05, 4.69) is 31.7 Å². The van der Waals surface area contributed by atoms with E-state index in [0.717, 1.165) is 12.8 Å². The Bertz CT molecular complexity index is 422. The SMILES string of the molecule is CCCN(CCC)[C@H]1CCc2c(O)ccc(C)c2C1. The van der Waals surface area contributed by atoms with Gasteiger partial charge in [-0.15, -0.1) is 0 Å². The van der Waals surface area contributed by atoms with E-state index >= 15 is 0 Å². The molecule has 1 aromatic rings. The summed E-state index contributed by atoms with van der Waals surface area (Å²) in [5.74, 6) is 0.497. The van der Waals surface area contributed by atoms with Gasteiger partial charge in [-0.2, -0.15) is 0 Å². The number of benzene rings is 1. The third-order valence-corrected chi connectivity index (χ3v) is 4.35. The van der Waals surface area contributed by atoms with Crippen LogP contribution in [-0.2, 0) is 12.8 Å². The smallest absolute Gasteiger partial charge is 0.119 e. The van der Waals surface area contributed by atoms with Gasteiger partial charge in [0.1, 0.15) is 5.75 Å². The van der Waals surface area contributed by atoms with Crippen LogP contribution in [-0.4, -0.2) is 29.1 Å². The van der Waals surface area contributed by atoms with Crippen molar-refractivity contribution in [3.8, 4) is 5.75 Å². The minimum Gasteiger partial charge on any atom is -0.508 e. The van der Waals surface area contributed by atoms with Crippen molar-refractivity contribution in [1.82, 2.24) is 4.90 Å². The Balaban J connectivity index is 2.18. The fraction of sp³-hybridized carbons (Fsp3) is 0.647. The van der Waals surface area contributed by atoms with Crippen LogP contribution in [0.25, 0.3) is 0 Å². The molecule has 1 N–H and O–H groups in total. The van der Waals surface area contributed by atoms with Gasteiger partial charge in [-0.05, 0) is 74.9 Å². The minimum absolute atomic E-state index is 0.497. The molecule has 2 heteroatoms. The highest BCUT2D eigenvalue weighted by Gasteiger charge is 2.25. The zero-order chi connectivity index (χ0) is 13.8. The van der Waals surface area contributed by atoms with Gasteiger partial charge in [-0.3, -0.25) is 0 Å². The highest BCUT2D eigenvalue weighted by molar-refractivity contribution is 5.45. The van der Waals surface area contributed by atoms with Gasteiger partial charge in [-0.1, -0.05) is 19.9 Å². The summed E-state index contributed by atoms with van der Waals surface area (Å²) in [6.07, 6.45) is 5.77. The number of phenolic OH excluding ortho intramolecular Hbond substituents is 1. The lowest BCUT2D eigenvalue weighted by atomic mass is 9.84. The first-order valence-electron chi connectivity index (χ1n) is 7.71. The van der Waals surface area contributed by atoms with Gasteiger partial charge in [0.15, 0.2) is 0 Å². The summed E-state index contributed by atoms with van der Waals surface area (Å²) in [7, 11) is 0. The molecule has 0 bridgehead atoms. The predicted octanol–water partition coefficient (Wildman–Crippen LogP) is 3.68. The summed E-state index contributed by atoms with van der Waals surface area (Å²) in [6, 6.07) is 4.57. The average molecular weight is 261 g/mol. The van der Waals surface area contributed by atoms with E-state index in [-0.39, 0.29) is 0 Å². The van der Waals surface area contributed by atoms with Gasteiger partial charge in [0.2, 0.25) is 0 Å². The molecule has 19 heavy (non-hydrogen) atoms. The van der Waals surface area contributed by atoms with Gasteiger partial charge in [-0.25, -0.2) is 0 Å². The summed E-state index contributed by atoms with van der Waals surface area (Å²) in [4.78, 5) is 2.65. The van der Waals surface area contributed by atoms with E-state index in [1.807, 2.05) is 6.07 Å². The topological polar surface area (TPSA) is 23.5 Å². The van der Waals surface area contributed by atoms with Gasteiger partial charge in [0.05, 0.1) is 0 Å². The number of fused-ring (bicyclic) bond motifs is 1. The van der Waals surface area contributed by atoms with Gasteiger partial charge >= 0.3 is 0 Å². The van der Waals surface area contributed by atoms with Crippen LogP contribution in [0.5, 0.6) is 5.75 Å². The number of aryl methyl sites for hydroxylation is 1. The molecular weight excluding hydrogens is 234 g/mol. The molecule has 1 aromatic carbocycles. The summed E-state index contributed by atoms with van der Waals surface area (Å²) in [6.45, 7) is 9.09. The number of nitrogens with zero attached hydrogens (tertiary/aromatic N) is 1. The largest absolute Gasteiger partial charge is 0.508 e. The van der Waals surface area contributed by atoms with Crippen LogP contribution >= 0.6 is 0 Å². The quantitative estimate of drug-likeness (QED) is 0.874. The molecule has 0 spiro atoms. The lowest BCUT2D eigenvalue weighted by Crippen LogP contribution is -2.40. The second-order valence-electron chi connectivity index (χ2n) is 5.79. The van der Waals surface area contributed by atoms with E-state index in [1.165, 1.54) is 49.0 Å². The van der Waals surface area contributed by atoms with Crippen molar-refractivity contribution in [2.75, 3.05) is 13.1 Å². The van der Waals surface area contributed by atoms with E-state index in [0.29, 0.717) is 11.8 Å². The van der Waals surface area contributed by atoms with Gasteiger partial charge in [0.25, 0.3) is 0 Å². The minimum atomic E-state index is 0.497. The monoisotopic (exact) mass is 261 g/mol. The Hall–Kier alpha value is -1.02. The maximum absolute atomic E-state index is 10.00. The van der Waals surface area contributed by atoms with Crippen LogP contribution in [0.1, 0.15) is 49.8 Å². The van der Waals surface area contributed by atoms with Crippen molar-refractivity contribution >= 4 is 0 Å². The number of hydrogen-bond donors (Lipinski definition) is 1. The number of aromatic hydroxyl groups is 1. The van der Waals surface area contributed by atoms with E-state index in [4.69, 9.17) is 0 Å². The molecule has 2 rings (SSSR count). The zero-order valence-corrected chi connectivity index (χ0v) is 12.6. The first-order chi connectivity index (χ1) is 9.17. The molecule has 0 aromatic heterocycles. The molecular formula is C17H27NO. The van der Waals surface area contributed by atoms with Crippen molar-refractivity contribution in [2.45, 2.75) is 58.9 Å². The molecule has 0 unspecified atom stereocenters. The first kappa shape index (κ1) is 14.4. The fourth-order valence-corrected chi connectivity index (χ4v) is 3.37. The molecule has 0 saturated carbocycles. The van der Waals surface area contributed by atoms with Crippen molar-refractivity contribution in [3.63, 3.8) is 0 Å². The summed E-state index contributed by atoms with van der Waals surface area (Å²) in [5.41, 5.74) is 3.93. The maximum Gasteiger partial charge on any atom is 0.119 e. The third kappa shape index (κ3) is 3.11. The molecule has 1 aliphatic rings. The van der Waals surface area contributed by atoms with Crippen LogP contribution in [0.4, 0.5) is 0 Å². The van der Waals surface area contributed by atoms with Crippen LogP contribution in [0.15, 0.2) is 12.1 Å². The standard InChI is InChI=1S/C17H27NO/c1-4-10-18(11-5-2)14-7-8-15-16(12-14)13(3)6-9-17(15)19/h6,9,14,19H,4-5,7-8,10-12H2,1-3H3/t14-/m0/s1. The van der Waals surface area contributed by atoms with E-state index in [1.54, 1.807) is 0 Å². The third-order valence-electron chi connectivity index (χ3n) is 4.35. The molecule has 1 aliphatic carbocycles. The van der Waals surface area contributed by atoms with Crippen LogP contribution < -0.4 is 0 Å². The van der Waals surface area contributed by atoms with Crippen LogP contribution in [0, 0.1) is 6.92 Å². The Labute approximate surface area is 117 Å². The number of rotatable bonds is 5. The van der Waals surface area contributed by atoms with Crippen LogP contribution in [0.2, 0.25) is 0 Å². The molecule has 2 nitrogen and oxygen atoms in total. The molecule has 0 aliphatic heterocycles. The Morgan fingerprint density at radius 2 is 1.84 bits per heavy atom. The Morgan fingerprint density at radius 3 is 2.47 bits per heavy atom. The maximum atomic E-state index is 10.00. The molecule has 0 fully saturated rings. The number of hydrogen-bond acceptors (Lipinski definition) is 2. The molecule has 0 saturated heterocycles. The van der Waals surface area contributed by atoms with E-state index < -0.39 is 0 Å².